The van der Waals surface area contributed by atoms with E-state index in [0.717, 1.165) is 6.07 Å². The van der Waals surface area contributed by atoms with Crippen LogP contribution in [0.25, 0.3) is 16.9 Å². The summed E-state index contributed by atoms with van der Waals surface area (Å²) in [6.45, 7) is 3.89. The van der Waals surface area contributed by atoms with E-state index in [-0.39, 0.29) is 11.6 Å². The van der Waals surface area contributed by atoms with Crippen LogP contribution in [0.4, 0.5) is 23.8 Å². The summed E-state index contributed by atoms with van der Waals surface area (Å²) in [7, 11) is 3.38. The Labute approximate surface area is 229 Å². The van der Waals surface area contributed by atoms with E-state index < -0.39 is 29.5 Å². The van der Waals surface area contributed by atoms with Gasteiger partial charge < -0.3 is 10.1 Å². The number of carbonyl (C=O) groups excluding carboxylic acids is 1. The first-order valence-corrected chi connectivity index (χ1v) is 12.8. The van der Waals surface area contributed by atoms with Gasteiger partial charge in [0.25, 0.3) is 0 Å². The largest absolute Gasteiger partial charge is 0.383 e. The molecule has 2 aromatic heterocycles. The third-order valence-corrected chi connectivity index (χ3v) is 7.11. The summed E-state index contributed by atoms with van der Waals surface area (Å²) in [5.41, 5.74) is 2.62. The molecule has 0 unspecified atom stereocenters. The van der Waals surface area contributed by atoms with Crippen LogP contribution < -0.4 is 10.6 Å². The number of aryl methyl sites for hydroxylation is 1. The number of anilines is 1. The quantitative estimate of drug-likeness (QED) is 0.341. The molecule has 0 spiro atoms. The maximum absolute atomic E-state index is 14.8. The number of rotatable bonds is 8. The standard InChI is InChI=1S/C28H30F3N7O2/c1-17-26(19-13-32-36(2)14-19)35-38(25-7-5-4-6-22(25)30)27(17)34-28(39)33-24-16-37(10-11-40-3)15-20(24)18-8-9-21(29)23(31)12-18/h4-9,12-14,20,24H,10-11,15-16H2,1-3H3,(H2,33,34,39)/t20-,24+/m0/s1. The fraction of sp³-hybridized carbons (Fsp3) is 0.321. The van der Waals surface area contributed by atoms with Crippen molar-refractivity contribution in [1.82, 2.24) is 29.8 Å². The van der Waals surface area contributed by atoms with Crippen LogP contribution in [0.1, 0.15) is 17.0 Å². The first-order chi connectivity index (χ1) is 19.2. The Bertz CT molecular complexity index is 1520. The smallest absolute Gasteiger partial charge is 0.320 e. The molecule has 9 nitrogen and oxygen atoms in total. The Balaban J connectivity index is 1.44. The second-order valence-electron chi connectivity index (χ2n) is 9.83. The molecule has 3 heterocycles. The van der Waals surface area contributed by atoms with Gasteiger partial charge in [0.1, 0.15) is 23.0 Å². The lowest BCUT2D eigenvalue weighted by atomic mass is 9.94. The van der Waals surface area contributed by atoms with Gasteiger partial charge in [-0.1, -0.05) is 18.2 Å². The van der Waals surface area contributed by atoms with Gasteiger partial charge in [-0.25, -0.2) is 22.6 Å². The lowest BCUT2D eigenvalue weighted by molar-refractivity contribution is 0.159. The zero-order chi connectivity index (χ0) is 28.4. The van der Waals surface area contributed by atoms with Crippen LogP contribution >= 0.6 is 0 Å². The number of benzene rings is 2. The Morgan fingerprint density at radius 3 is 2.60 bits per heavy atom. The Morgan fingerprint density at radius 2 is 1.90 bits per heavy atom. The number of nitrogens with zero attached hydrogens (tertiary/aromatic N) is 5. The summed E-state index contributed by atoms with van der Waals surface area (Å²) in [6, 6.07) is 9.00. The highest BCUT2D eigenvalue weighted by molar-refractivity contribution is 5.91. The van der Waals surface area contributed by atoms with E-state index in [1.807, 2.05) is 0 Å². The Kier molecular flexibility index (Phi) is 7.90. The Morgan fingerprint density at radius 1 is 1.10 bits per heavy atom. The van der Waals surface area contributed by atoms with E-state index in [2.05, 4.69) is 25.7 Å². The molecule has 1 aliphatic heterocycles. The second-order valence-corrected chi connectivity index (χ2v) is 9.83. The lowest BCUT2D eigenvalue weighted by Crippen LogP contribution is -2.42. The average molecular weight is 554 g/mol. The molecule has 0 saturated carbocycles. The summed E-state index contributed by atoms with van der Waals surface area (Å²) in [6.07, 6.45) is 3.43. The number of aromatic nitrogens is 4. The first kappa shape index (κ1) is 27.4. The van der Waals surface area contributed by atoms with Crippen molar-refractivity contribution in [1.29, 1.82) is 0 Å². The number of methoxy groups -OCH3 is 1. The minimum absolute atomic E-state index is 0.169. The van der Waals surface area contributed by atoms with Crippen LogP contribution in [-0.2, 0) is 11.8 Å². The van der Waals surface area contributed by atoms with E-state index >= 15 is 0 Å². The van der Waals surface area contributed by atoms with Crippen molar-refractivity contribution < 1.29 is 22.7 Å². The lowest BCUT2D eigenvalue weighted by Gasteiger charge is -2.21. The maximum Gasteiger partial charge on any atom is 0.320 e. The van der Waals surface area contributed by atoms with Crippen LogP contribution in [-0.4, -0.2) is 69.9 Å². The fourth-order valence-electron chi connectivity index (χ4n) is 5.09. The molecule has 1 saturated heterocycles. The van der Waals surface area contributed by atoms with Crippen molar-refractivity contribution in [3.8, 4) is 16.9 Å². The van der Waals surface area contributed by atoms with Gasteiger partial charge in [0.05, 0.1) is 18.8 Å². The summed E-state index contributed by atoms with van der Waals surface area (Å²) in [5, 5.41) is 14.7. The molecule has 12 heteroatoms. The number of hydrogen-bond donors (Lipinski definition) is 2. The molecule has 2 atom stereocenters. The highest BCUT2D eigenvalue weighted by atomic mass is 19.2. The highest BCUT2D eigenvalue weighted by Gasteiger charge is 2.35. The number of urea groups is 1. The van der Waals surface area contributed by atoms with Gasteiger partial charge in [0.15, 0.2) is 11.6 Å². The minimum Gasteiger partial charge on any atom is -0.383 e. The molecule has 2 N–H and O–H groups in total. The molecule has 40 heavy (non-hydrogen) atoms. The molecule has 210 valence electrons. The number of carbonyl (C=O) groups is 1. The molecule has 0 bridgehead atoms. The maximum atomic E-state index is 14.8. The molecule has 0 radical (unpaired) electrons. The van der Waals surface area contributed by atoms with Crippen molar-refractivity contribution in [2.24, 2.45) is 7.05 Å². The third-order valence-electron chi connectivity index (χ3n) is 7.11. The molecule has 4 aromatic rings. The predicted molar refractivity (Wildman–Crippen MR) is 144 cm³/mol. The number of para-hydroxylation sites is 1. The summed E-state index contributed by atoms with van der Waals surface area (Å²) >= 11 is 0. The zero-order valence-corrected chi connectivity index (χ0v) is 22.4. The SMILES string of the molecule is COCCN1C[C@@H](NC(=O)Nc2c(C)c(-c3cnn(C)c3)nn2-c2ccccc2F)[C@H](c2ccc(F)c(F)c2)C1. The molecular weight excluding hydrogens is 523 g/mol. The minimum atomic E-state index is -0.941. The normalized spacial score (nSPS) is 17.4. The Hall–Kier alpha value is -4.16. The summed E-state index contributed by atoms with van der Waals surface area (Å²) in [5.74, 6) is -2.37. The molecule has 2 aromatic carbocycles. The van der Waals surface area contributed by atoms with Gasteiger partial charge in [-0.3, -0.25) is 14.9 Å². The molecule has 5 rings (SSSR count). The van der Waals surface area contributed by atoms with Crippen molar-refractivity contribution in [2.75, 3.05) is 38.7 Å². The van der Waals surface area contributed by atoms with E-state index in [1.54, 1.807) is 56.4 Å². The van der Waals surface area contributed by atoms with Crippen molar-refractivity contribution in [3.63, 3.8) is 0 Å². The van der Waals surface area contributed by atoms with E-state index in [0.29, 0.717) is 54.4 Å². The average Bonchev–Trinajstić information content (AvgIpc) is 3.62. The topological polar surface area (TPSA) is 89.2 Å². The van der Waals surface area contributed by atoms with Gasteiger partial charge >= 0.3 is 6.03 Å². The number of hydrogen-bond acceptors (Lipinski definition) is 5. The number of ether oxygens (including phenoxy) is 1. The van der Waals surface area contributed by atoms with Gasteiger partial charge in [-0.15, -0.1) is 0 Å². The van der Waals surface area contributed by atoms with Gasteiger partial charge in [0.2, 0.25) is 0 Å². The number of amides is 2. The number of nitrogens with one attached hydrogen (secondary N) is 2. The van der Waals surface area contributed by atoms with Crippen LogP contribution in [0.15, 0.2) is 54.9 Å². The molecule has 2 amide bonds. The van der Waals surface area contributed by atoms with Crippen LogP contribution in [0.3, 0.4) is 0 Å². The summed E-state index contributed by atoms with van der Waals surface area (Å²) in [4.78, 5) is 15.5. The second kappa shape index (κ2) is 11.5. The third kappa shape index (κ3) is 5.58. The van der Waals surface area contributed by atoms with E-state index in [9.17, 15) is 18.0 Å². The van der Waals surface area contributed by atoms with Gasteiger partial charge in [0, 0.05) is 57.0 Å². The zero-order valence-electron chi connectivity index (χ0n) is 22.4. The van der Waals surface area contributed by atoms with E-state index in [4.69, 9.17) is 4.74 Å². The predicted octanol–water partition coefficient (Wildman–Crippen LogP) is 4.23. The van der Waals surface area contributed by atoms with Crippen LogP contribution in [0, 0.1) is 24.4 Å². The summed E-state index contributed by atoms with van der Waals surface area (Å²) < 4.78 is 50.7. The molecule has 1 aliphatic rings. The van der Waals surface area contributed by atoms with Crippen LogP contribution in [0.5, 0.6) is 0 Å². The number of halogens is 3. The highest BCUT2D eigenvalue weighted by Crippen LogP contribution is 2.32. The fourth-order valence-corrected chi connectivity index (χ4v) is 5.09. The van der Waals surface area contributed by atoms with Crippen molar-refractivity contribution in [2.45, 2.75) is 18.9 Å². The van der Waals surface area contributed by atoms with Crippen molar-refractivity contribution in [3.05, 3.63) is 83.4 Å². The molecular formula is C28H30F3N7O2. The first-order valence-electron chi connectivity index (χ1n) is 12.8. The monoisotopic (exact) mass is 553 g/mol. The van der Waals surface area contributed by atoms with E-state index in [1.165, 1.54) is 22.9 Å². The van der Waals surface area contributed by atoms with Crippen LogP contribution in [0.2, 0.25) is 0 Å². The van der Waals surface area contributed by atoms with Gasteiger partial charge in [-0.05, 0) is 36.8 Å². The number of likely N-dealkylation sites (tertiary alicyclic amines) is 1. The molecule has 0 aliphatic carbocycles. The van der Waals surface area contributed by atoms with Crippen molar-refractivity contribution >= 4 is 11.8 Å². The van der Waals surface area contributed by atoms with Gasteiger partial charge in [-0.2, -0.15) is 10.2 Å². The molecule has 1 fully saturated rings.